The van der Waals surface area contributed by atoms with Crippen LogP contribution in [0.5, 0.6) is 0 Å². The first-order valence-corrected chi connectivity index (χ1v) is 7.68. The summed E-state index contributed by atoms with van der Waals surface area (Å²) in [6.07, 6.45) is 3.73. The maximum atomic E-state index is 9.12. The average Bonchev–Trinajstić information content (AvgIpc) is 2.48. The smallest absolute Gasteiger partial charge is 0.0991 e. The van der Waals surface area contributed by atoms with E-state index in [2.05, 4.69) is 35.3 Å². The zero-order valence-corrected chi connectivity index (χ0v) is 12.6. The van der Waals surface area contributed by atoms with Crippen LogP contribution < -0.4 is 5.32 Å². The molecule has 1 aliphatic heterocycles. The predicted molar refractivity (Wildman–Crippen MR) is 82.4 cm³/mol. The predicted octanol–water partition coefficient (Wildman–Crippen LogP) is 2.94. The molecule has 3 nitrogen and oxygen atoms in total. The quantitative estimate of drug-likeness (QED) is 0.895. The molecule has 0 bridgehead atoms. The van der Waals surface area contributed by atoms with Gasteiger partial charge in [0.25, 0.3) is 0 Å². The zero-order chi connectivity index (χ0) is 14.4. The summed E-state index contributed by atoms with van der Waals surface area (Å²) in [5, 5.41) is 12.5. The minimum atomic E-state index is 0.449. The van der Waals surface area contributed by atoms with E-state index in [1.807, 2.05) is 19.2 Å². The maximum absolute atomic E-state index is 9.12. The minimum absolute atomic E-state index is 0.449. The second-order valence-electron chi connectivity index (χ2n) is 5.68. The van der Waals surface area contributed by atoms with Crippen molar-refractivity contribution in [2.45, 2.75) is 32.2 Å². The molecular formula is C17H25N3. The number of rotatable bonds is 5. The Morgan fingerprint density at radius 1 is 1.45 bits per heavy atom. The molecular weight excluding hydrogens is 246 g/mol. The number of benzene rings is 1. The van der Waals surface area contributed by atoms with Crippen molar-refractivity contribution >= 4 is 0 Å². The normalized spacial score (nSPS) is 23.4. The molecule has 3 heteroatoms. The van der Waals surface area contributed by atoms with E-state index in [0.717, 1.165) is 18.7 Å². The van der Waals surface area contributed by atoms with Crippen LogP contribution in [0.1, 0.15) is 43.4 Å². The topological polar surface area (TPSA) is 39.1 Å². The van der Waals surface area contributed by atoms with Crippen LogP contribution in [0.25, 0.3) is 0 Å². The van der Waals surface area contributed by atoms with Crippen LogP contribution in [-0.2, 0) is 0 Å². The van der Waals surface area contributed by atoms with Crippen LogP contribution in [0, 0.1) is 17.2 Å². The van der Waals surface area contributed by atoms with Crippen LogP contribution in [0.15, 0.2) is 24.3 Å². The largest absolute Gasteiger partial charge is 0.319 e. The molecule has 2 unspecified atom stereocenters. The van der Waals surface area contributed by atoms with E-state index in [1.54, 1.807) is 0 Å². The van der Waals surface area contributed by atoms with Gasteiger partial charge in [0.15, 0.2) is 0 Å². The van der Waals surface area contributed by atoms with Crippen molar-refractivity contribution in [1.82, 2.24) is 10.2 Å². The Kier molecular flexibility index (Phi) is 5.58. The van der Waals surface area contributed by atoms with Crippen molar-refractivity contribution in [3.05, 3.63) is 35.4 Å². The van der Waals surface area contributed by atoms with Crippen molar-refractivity contribution in [2.24, 2.45) is 5.92 Å². The molecule has 1 N–H and O–H groups in total. The number of nitriles is 1. The third-order valence-electron chi connectivity index (χ3n) is 4.19. The van der Waals surface area contributed by atoms with Gasteiger partial charge in [0, 0.05) is 6.04 Å². The summed E-state index contributed by atoms with van der Waals surface area (Å²) in [4.78, 5) is 2.60. The molecule has 2 rings (SSSR count). The monoisotopic (exact) mass is 271 g/mol. The van der Waals surface area contributed by atoms with E-state index in [1.165, 1.54) is 31.4 Å². The molecule has 0 amide bonds. The SMILES string of the molecule is CCCN1CCCC(CNC)C1c1cccc(C#N)c1. The Bertz CT molecular complexity index is 446. The van der Waals surface area contributed by atoms with E-state index < -0.39 is 0 Å². The van der Waals surface area contributed by atoms with Gasteiger partial charge in [0.05, 0.1) is 11.6 Å². The zero-order valence-electron chi connectivity index (χ0n) is 12.6. The second kappa shape index (κ2) is 7.42. The summed E-state index contributed by atoms with van der Waals surface area (Å²) in [5.41, 5.74) is 2.07. The molecule has 0 aromatic heterocycles. The Labute approximate surface area is 122 Å². The fourth-order valence-electron chi connectivity index (χ4n) is 3.44. The Hall–Kier alpha value is -1.37. The average molecular weight is 271 g/mol. The number of nitrogens with one attached hydrogen (secondary N) is 1. The van der Waals surface area contributed by atoms with Crippen LogP contribution in [0.2, 0.25) is 0 Å². The molecule has 1 aromatic rings. The van der Waals surface area contributed by atoms with Gasteiger partial charge in [0.2, 0.25) is 0 Å². The van der Waals surface area contributed by atoms with Crippen LogP contribution >= 0.6 is 0 Å². The van der Waals surface area contributed by atoms with Crippen molar-refractivity contribution in [3.8, 4) is 6.07 Å². The molecule has 0 radical (unpaired) electrons. The Balaban J connectivity index is 2.30. The number of nitrogens with zero attached hydrogens (tertiary/aromatic N) is 2. The van der Waals surface area contributed by atoms with Crippen LogP contribution in [0.4, 0.5) is 0 Å². The molecule has 0 saturated carbocycles. The summed E-state index contributed by atoms with van der Waals surface area (Å²) in [5.74, 6) is 0.634. The fourth-order valence-corrected chi connectivity index (χ4v) is 3.44. The first kappa shape index (κ1) is 15.0. The molecule has 1 aliphatic rings. The summed E-state index contributed by atoms with van der Waals surface area (Å²) in [7, 11) is 2.03. The molecule has 1 saturated heterocycles. The molecule has 1 fully saturated rings. The van der Waals surface area contributed by atoms with Gasteiger partial charge < -0.3 is 5.32 Å². The first-order valence-electron chi connectivity index (χ1n) is 7.68. The fraction of sp³-hybridized carbons (Fsp3) is 0.588. The molecule has 0 spiro atoms. The number of likely N-dealkylation sites (tertiary alicyclic amines) is 1. The molecule has 1 aromatic carbocycles. The van der Waals surface area contributed by atoms with E-state index >= 15 is 0 Å². The molecule has 108 valence electrons. The minimum Gasteiger partial charge on any atom is -0.319 e. The van der Waals surface area contributed by atoms with Crippen LogP contribution in [-0.4, -0.2) is 31.6 Å². The molecule has 2 atom stereocenters. The lowest BCUT2D eigenvalue weighted by Crippen LogP contribution is -2.42. The van der Waals surface area contributed by atoms with Gasteiger partial charge in [-0.15, -0.1) is 0 Å². The van der Waals surface area contributed by atoms with E-state index in [0.29, 0.717) is 12.0 Å². The second-order valence-corrected chi connectivity index (χ2v) is 5.68. The third-order valence-corrected chi connectivity index (χ3v) is 4.19. The van der Waals surface area contributed by atoms with Gasteiger partial charge >= 0.3 is 0 Å². The van der Waals surface area contributed by atoms with Crippen molar-refractivity contribution < 1.29 is 0 Å². The highest BCUT2D eigenvalue weighted by Gasteiger charge is 2.31. The highest BCUT2D eigenvalue weighted by atomic mass is 15.2. The lowest BCUT2D eigenvalue weighted by molar-refractivity contribution is 0.0924. The van der Waals surface area contributed by atoms with Crippen molar-refractivity contribution in [2.75, 3.05) is 26.7 Å². The first-order chi connectivity index (χ1) is 9.80. The summed E-state index contributed by atoms with van der Waals surface area (Å²) < 4.78 is 0. The number of hydrogen-bond donors (Lipinski definition) is 1. The molecule has 0 aliphatic carbocycles. The van der Waals surface area contributed by atoms with Gasteiger partial charge in [-0.1, -0.05) is 19.1 Å². The van der Waals surface area contributed by atoms with E-state index in [4.69, 9.17) is 5.26 Å². The lowest BCUT2D eigenvalue weighted by Gasteiger charge is -2.42. The number of hydrogen-bond acceptors (Lipinski definition) is 3. The standard InChI is InChI=1S/C17H25N3/c1-3-9-20-10-5-8-16(13-19-2)17(20)15-7-4-6-14(11-15)12-18/h4,6-7,11,16-17,19H,3,5,8-10,13H2,1-2H3. The highest BCUT2D eigenvalue weighted by Crippen LogP contribution is 2.36. The summed E-state index contributed by atoms with van der Waals surface area (Å²) >= 11 is 0. The third kappa shape index (κ3) is 3.39. The summed E-state index contributed by atoms with van der Waals surface area (Å²) in [6.45, 7) is 5.60. The molecule has 1 heterocycles. The van der Waals surface area contributed by atoms with Gasteiger partial charge in [-0.05, 0) is 69.6 Å². The van der Waals surface area contributed by atoms with Crippen molar-refractivity contribution in [1.29, 1.82) is 5.26 Å². The van der Waals surface area contributed by atoms with E-state index in [-0.39, 0.29) is 0 Å². The van der Waals surface area contributed by atoms with Gasteiger partial charge in [-0.3, -0.25) is 4.90 Å². The van der Waals surface area contributed by atoms with Crippen LogP contribution in [0.3, 0.4) is 0 Å². The van der Waals surface area contributed by atoms with E-state index in [9.17, 15) is 0 Å². The highest BCUT2D eigenvalue weighted by molar-refractivity contribution is 5.34. The molecule has 20 heavy (non-hydrogen) atoms. The lowest BCUT2D eigenvalue weighted by atomic mass is 9.84. The van der Waals surface area contributed by atoms with Gasteiger partial charge in [0.1, 0.15) is 0 Å². The van der Waals surface area contributed by atoms with Gasteiger partial charge in [-0.2, -0.15) is 5.26 Å². The Morgan fingerprint density at radius 2 is 2.30 bits per heavy atom. The van der Waals surface area contributed by atoms with Gasteiger partial charge in [-0.25, -0.2) is 0 Å². The summed E-state index contributed by atoms with van der Waals surface area (Å²) in [6, 6.07) is 10.9. The maximum Gasteiger partial charge on any atom is 0.0991 e. The Morgan fingerprint density at radius 3 is 3.00 bits per heavy atom. The van der Waals surface area contributed by atoms with Crippen molar-refractivity contribution in [3.63, 3.8) is 0 Å². The number of piperidine rings is 1.